The Balaban J connectivity index is 1.43. The van der Waals surface area contributed by atoms with Gasteiger partial charge in [0.25, 0.3) is 5.91 Å². The Hall–Kier alpha value is -2.90. The van der Waals surface area contributed by atoms with Crippen molar-refractivity contribution in [3.8, 4) is 0 Å². The molecule has 1 aromatic carbocycles. The number of benzene rings is 1. The molecule has 1 fully saturated rings. The zero-order valence-corrected chi connectivity index (χ0v) is 14.4. The summed E-state index contributed by atoms with van der Waals surface area (Å²) < 4.78 is 39.9. The van der Waals surface area contributed by atoms with Crippen LogP contribution in [0.15, 0.2) is 48.7 Å². The summed E-state index contributed by atoms with van der Waals surface area (Å²) in [6.45, 7) is 1.07. The van der Waals surface area contributed by atoms with Gasteiger partial charge in [-0.25, -0.2) is 0 Å². The van der Waals surface area contributed by atoms with Crippen LogP contribution in [0.2, 0.25) is 0 Å². The van der Waals surface area contributed by atoms with Crippen molar-refractivity contribution in [2.45, 2.75) is 24.9 Å². The summed E-state index contributed by atoms with van der Waals surface area (Å²) >= 11 is 0. The highest BCUT2D eigenvalue weighted by molar-refractivity contribution is 5.94. The van der Waals surface area contributed by atoms with Gasteiger partial charge in [-0.1, -0.05) is 6.07 Å². The molecule has 0 radical (unpaired) electrons. The zero-order chi connectivity index (χ0) is 19.0. The number of rotatable bonds is 2. The summed E-state index contributed by atoms with van der Waals surface area (Å²) in [6.07, 6.45) is -1.00. The van der Waals surface area contributed by atoms with Crippen LogP contribution < -0.4 is 0 Å². The molecule has 0 aliphatic carbocycles. The number of halogens is 3. The highest BCUT2D eigenvalue weighted by atomic mass is 19.4. The van der Waals surface area contributed by atoms with Crippen molar-refractivity contribution in [3.05, 3.63) is 65.6 Å². The first kappa shape index (κ1) is 17.5. The minimum absolute atomic E-state index is 0.194. The number of likely N-dealkylation sites (tertiary alicyclic amines) is 1. The van der Waals surface area contributed by atoms with Crippen LogP contribution in [0.5, 0.6) is 0 Å². The summed E-state index contributed by atoms with van der Waals surface area (Å²) in [5, 5.41) is 8.45. The number of aromatic nitrogens is 3. The first-order chi connectivity index (χ1) is 12.9. The van der Waals surface area contributed by atoms with E-state index in [0.29, 0.717) is 13.1 Å². The second-order valence-corrected chi connectivity index (χ2v) is 6.63. The third-order valence-corrected chi connectivity index (χ3v) is 4.95. The van der Waals surface area contributed by atoms with Gasteiger partial charge in [-0.05, 0) is 49.2 Å². The lowest BCUT2D eigenvalue weighted by Gasteiger charge is -2.31. The molecule has 27 heavy (non-hydrogen) atoms. The average Bonchev–Trinajstić information content (AvgIpc) is 3.11. The Bertz CT molecular complexity index is 957. The van der Waals surface area contributed by atoms with Crippen LogP contribution in [0.1, 0.15) is 40.5 Å². The lowest BCUT2D eigenvalue weighted by atomic mass is 9.95. The highest BCUT2D eigenvalue weighted by Crippen LogP contribution is 2.30. The number of nitrogens with zero attached hydrogens (tertiary/aromatic N) is 4. The number of alkyl halides is 3. The van der Waals surface area contributed by atoms with Crippen LogP contribution in [-0.4, -0.2) is 38.5 Å². The van der Waals surface area contributed by atoms with Crippen molar-refractivity contribution in [1.29, 1.82) is 0 Å². The molecule has 0 bridgehead atoms. The van der Waals surface area contributed by atoms with Gasteiger partial charge in [0.2, 0.25) is 0 Å². The van der Waals surface area contributed by atoms with Gasteiger partial charge in [-0.15, -0.1) is 10.2 Å². The minimum Gasteiger partial charge on any atom is -0.339 e. The number of hydrogen-bond donors (Lipinski definition) is 0. The van der Waals surface area contributed by atoms with Crippen molar-refractivity contribution >= 4 is 11.6 Å². The molecule has 2 aromatic heterocycles. The van der Waals surface area contributed by atoms with Crippen LogP contribution in [0.25, 0.3) is 5.65 Å². The van der Waals surface area contributed by atoms with Crippen LogP contribution in [0, 0.1) is 0 Å². The first-order valence-corrected chi connectivity index (χ1v) is 8.69. The van der Waals surface area contributed by atoms with Gasteiger partial charge in [0.1, 0.15) is 5.82 Å². The van der Waals surface area contributed by atoms with Gasteiger partial charge < -0.3 is 4.90 Å². The Morgan fingerprint density at radius 1 is 1.00 bits per heavy atom. The third kappa shape index (κ3) is 3.39. The summed E-state index contributed by atoms with van der Waals surface area (Å²) in [4.78, 5) is 14.3. The van der Waals surface area contributed by atoms with Crippen molar-refractivity contribution in [2.75, 3.05) is 13.1 Å². The van der Waals surface area contributed by atoms with Crippen LogP contribution in [0.4, 0.5) is 13.2 Å². The number of pyridine rings is 1. The SMILES string of the molecule is O=C(c1ccc(C(F)(F)F)cc1)N1CCC(c2nnc3ccccn23)CC1. The predicted molar refractivity (Wildman–Crippen MR) is 92.3 cm³/mol. The third-order valence-electron chi connectivity index (χ3n) is 4.95. The van der Waals surface area contributed by atoms with Crippen LogP contribution in [-0.2, 0) is 6.18 Å². The molecular formula is C19H17F3N4O. The molecule has 3 aromatic rings. The second kappa shape index (κ2) is 6.68. The van der Waals surface area contributed by atoms with Gasteiger partial charge in [-0.2, -0.15) is 13.2 Å². The number of fused-ring (bicyclic) bond motifs is 1. The number of piperidine rings is 1. The molecule has 0 atom stereocenters. The Morgan fingerprint density at radius 3 is 2.37 bits per heavy atom. The van der Waals surface area contributed by atoms with E-state index in [4.69, 9.17) is 0 Å². The quantitative estimate of drug-likeness (QED) is 0.686. The molecule has 4 rings (SSSR count). The molecule has 1 aliphatic heterocycles. The summed E-state index contributed by atoms with van der Waals surface area (Å²) in [5.74, 6) is 0.833. The van der Waals surface area contributed by atoms with E-state index in [0.717, 1.165) is 36.4 Å². The summed E-state index contributed by atoms with van der Waals surface area (Å²) in [7, 11) is 0. The standard InChI is InChI=1S/C19H17F3N4O/c20-19(21,22)15-6-4-14(5-7-15)18(27)25-11-8-13(9-12-25)17-24-23-16-3-1-2-10-26(16)17/h1-7,10,13H,8-9,11-12H2. The fraction of sp³-hybridized carbons (Fsp3) is 0.316. The predicted octanol–water partition coefficient (Wildman–Crippen LogP) is 3.77. The van der Waals surface area contributed by atoms with E-state index in [2.05, 4.69) is 10.2 Å². The number of amides is 1. The van der Waals surface area contributed by atoms with E-state index in [1.165, 1.54) is 12.1 Å². The zero-order valence-electron chi connectivity index (χ0n) is 14.4. The first-order valence-electron chi connectivity index (χ1n) is 8.69. The maximum Gasteiger partial charge on any atom is 0.416 e. The van der Waals surface area contributed by atoms with Crippen molar-refractivity contribution in [2.24, 2.45) is 0 Å². The van der Waals surface area contributed by atoms with E-state index in [1.807, 2.05) is 28.8 Å². The second-order valence-electron chi connectivity index (χ2n) is 6.63. The molecule has 0 spiro atoms. The molecule has 0 N–H and O–H groups in total. The molecule has 1 aliphatic rings. The topological polar surface area (TPSA) is 50.5 Å². The Labute approximate surface area is 153 Å². The van der Waals surface area contributed by atoms with Gasteiger partial charge >= 0.3 is 6.18 Å². The van der Waals surface area contributed by atoms with Crippen molar-refractivity contribution in [1.82, 2.24) is 19.5 Å². The fourth-order valence-electron chi connectivity index (χ4n) is 3.46. The molecular weight excluding hydrogens is 357 g/mol. The molecule has 8 heteroatoms. The average molecular weight is 374 g/mol. The van der Waals surface area contributed by atoms with Gasteiger partial charge in [0.15, 0.2) is 5.65 Å². The van der Waals surface area contributed by atoms with E-state index < -0.39 is 11.7 Å². The maximum absolute atomic E-state index is 12.7. The van der Waals surface area contributed by atoms with E-state index >= 15 is 0 Å². The normalized spacial score (nSPS) is 16.0. The Morgan fingerprint density at radius 2 is 1.70 bits per heavy atom. The van der Waals surface area contributed by atoms with Crippen molar-refractivity contribution < 1.29 is 18.0 Å². The lowest BCUT2D eigenvalue weighted by molar-refractivity contribution is -0.137. The van der Waals surface area contributed by atoms with Gasteiger partial charge in [-0.3, -0.25) is 9.20 Å². The minimum atomic E-state index is -4.40. The molecule has 1 saturated heterocycles. The summed E-state index contributed by atoms with van der Waals surface area (Å²) in [5.41, 5.74) is 0.307. The molecule has 1 amide bonds. The molecule has 0 saturated carbocycles. The van der Waals surface area contributed by atoms with Crippen LogP contribution in [0.3, 0.4) is 0 Å². The number of hydrogen-bond acceptors (Lipinski definition) is 3. The van der Waals surface area contributed by atoms with E-state index in [9.17, 15) is 18.0 Å². The van der Waals surface area contributed by atoms with E-state index in [1.54, 1.807) is 4.90 Å². The molecule has 0 unspecified atom stereocenters. The number of carbonyl (C=O) groups excluding carboxylic acids is 1. The number of carbonyl (C=O) groups is 1. The smallest absolute Gasteiger partial charge is 0.339 e. The largest absolute Gasteiger partial charge is 0.416 e. The van der Waals surface area contributed by atoms with Crippen molar-refractivity contribution in [3.63, 3.8) is 0 Å². The monoisotopic (exact) mass is 374 g/mol. The van der Waals surface area contributed by atoms with Gasteiger partial charge in [0.05, 0.1) is 5.56 Å². The Kier molecular flexibility index (Phi) is 4.33. The molecule has 140 valence electrons. The van der Waals surface area contributed by atoms with Crippen LogP contribution >= 0.6 is 0 Å². The highest BCUT2D eigenvalue weighted by Gasteiger charge is 2.31. The molecule has 3 heterocycles. The summed E-state index contributed by atoms with van der Waals surface area (Å²) in [6, 6.07) is 10.1. The maximum atomic E-state index is 12.7. The fourth-order valence-corrected chi connectivity index (χ4v) is 3.46. The van der Waals surface area contributed by atoms with E-state index in [-0.39, 0.29) is 17.4 Å². The van der Waals surface area contributed by atoms with Gasteiger partial charge in [0, 0.05) is 30.8 Å². The molecule has 5 nitrogen and oxygen atoms in total. The lowest BCUT2D eigenvalue weighted by Crippen LogP contribution is -2.38.